The molecule has 1 aromatic heterocycles. The van der Waals surface area contributed by atoms with Gasteiger partial charge in [-0.05, 0) is 20.2 Å². The van der Waals surface area contributed by atoms with E-state index in [1.807, 2.05) is 13.2 Å². The largest absolute Gasteiger partial charge is 0.305 e. The fourth-order valence-corrected chi connectivity index (χ4v) is 1.11. The van der Waals surface area contributed by atoms with Crippen LogP contribution in [0.15, 0.2) is 24.5 Å². The second kappa shape index (κ2) is 3.49. The number of hydrogen-bond acceptors (Lipinski definition) is 1. The van der Waals surface area contributed by atoms with E-state index in [0.29, 0.717) is 0 Å². The van der Waals surface area contributed by atoms with E-state index in [2.05, 4.69) is 41.9 Å². The minimum absolute atomic E-state index is 1.01. The monoisotopic (exact) mass is 151 g/mol. The van der Waals surface area contributed by atoms with Crippen LogP contribution in [0, 0.1) is 0 Å². The Morgan fingerprint density at radius 2 is 2.18 bits per heavy atom. The average Bonchev–Trinajstić information content (AvgIpc) is 1.85. The summed E-state index contributed by atoms with van der Waals surface area (Å²) >= 11 is 0. The first-order chi connectivity index (χ1) is 5.18. The minimum atomic E-state index is 1.01. The van der Waals surface area contributed by atoms with Crippen molar-refractivity contribution in [3.05, 3.63) is 30.1 Å². The number of nitrogens with zero attached hydrogens (tertiary/aromatic N) is 2. The van der Waals surface area contributed by atoms with E-state index in [1.54, 1.807) is 0 Å². The third-order valence-corrected chi connectivity index (χ3v) is 1.50. The number of hydrogen-bond donors (Lipinski definition) is 0. The van der Waals surface area contributed by atoms with E-state index in [1.165, 1.54) is 5.56 Å². The number of aryl methyl sites for hydroxylation is 1. The number of pyridine rings is 1. The molecule has 0 aliphatic heterocycles. The summed E-state index contributed by atoms with van der Waals surface area (Å²) in [5.41, 5.74) is 1.35. The van der Waals surface area contributed by atoms with Gasteiger partial charge < -0.3 is 4.90 Å². The Hall–Kier alpha value is -0.890. The van der Waals surface area contributed by atoms with Crippen molar-refractivity contribution in [2.24, 2.45) is 7.05 Å². The van der Waals surface area contributed by atoms with Gasteiger partial charge in [-0.15, -0.1) is 0 Å². The van der Waals surface area contributed by atoms with Gasteiger partial charge in [0.2, 0.25) is 0 Å². The molecule has 0 amide bonds. The fraction of sp³-hybridized carbons (Fsp3) is 0.444. The Morgan fingerprint density at radius 3 is 2.73 bits per heavy atom. The maximum absolute atomic E-state index is 2.16. The SMILES string of the molecule is CN(C)Cc1ccc[n+](C)c1. The lowest BCUT2D eigenvalue weighted by atomic mass is 10.3. The van der Waals surface area contributed by atoms with Crippen LogP contribution >= 0.6 is 0 Å². The van der Waals surface area contributed by atoms with Crippen molar-refractivity contribution in [3.8, 4) is 0 Å². The Balaban J connectivity index is 2.71. The topological polar surface area (TPSA) is 7.12 Å². The Morgan fingerprint density at radius 1 is 1.45 bits per heavy atom. The zero-order chi connectivity index (χ0) is 8.27. The molecule has 0 aliphatic carbocycles. The van der Waals surface area contributed by atoms with E-state index in [0.717, 1.165) is 6.54 Å². The Kier molecular flexibility index (Phi) is 2.60. The van der Waals surface area contributed by atoms with Gasteiger partial charge in [-0.25, -0.2) is 4.57 Å². The standard InChI is InChI=1S/C9H15N2/c1-10(2)7-9-5-4-6-11(3)8-9/h4-6,8H,7H2,1-3H3/q+1. The number of rotatable bonds is 2. The van der Waals surface area contributed by atoms with Crippen LogP contribution in [0.4, 0.5) is 0 Å². The molecule has 0 atom stereocenters. The molecule has 2 heteroatoms. The molecule has 0 aromatic carbocycles. The third kappa shape index (κ3) is 2.68. The van der Waals surface area contributed by atoms with Crippen molar-refractivity contribution >= 4 is 0 Å². The van der Waals surface area contributed by atoms with E-state index in [9.17, 15) is 0 Å². The second-order valence-electron chi connectivity index (χ2n) is 3.12. The molecule has 1 aromatic rings. The molecule has 0 radical (unpaired) electrons. The van der Waals surface area contributed by atoms with Crippen molar-refractivity contribution in [2.45, 2.75) is 6.54 Å². The summed E-state index contributed by atoms with van der Waals surface area (Å²) in [5, 5.41) is 0. The van der Waals surface area contributed by atoms with Gasteiger partial charge in [0.25, 0.3) is 0 Å². The van der Waals surface area contributed by atoms with Crippen molar-refractivity contribution in [1.82, 2.24) is 4.90 Å². The summed E-state index contributed by atoms with van der Waals surface area (Å²) in [6.45, 7) is 1.01. The summed E-state index contributed by atoms with van der Waals surface area (Å²) in [7, 11) is 6.19. The zero-order valence-corrected chi connectivity index (χ0v) is 7.41. The highest BCUT2D eigenvalue weighted by molar-refractivity contribution is 5.04. The third-order valence-electron chi connectivity index (χ3n) is 1.50. The van der Waals surface area contributed by atoms with Gasteiger partial charge >= 0.3 is 0 Å². The van der Waals surface area contributed by atoms with Crippen LogP contribution in [0.1, 0.15) is 5.56 Å². The van der Waals surface area contributed by atoms with Gasteiger partial charge in [0.05, 0.1) is 0 Å². The highest BCUT2D eigenvalue weighted by Gasteiger charge is 1.98. The molecule has 60 valence electrons. The van der Waals surface area contributed by atoms with E-state index >= 15 is 0 Å². The predicted octanol–water partition coefficient (Wildman–Crippen LogP) is 0.573. The van der Waals surface area contributed by atoms with Crippen LogP contribution in [0.3, 0.4) is 0 Å². The first-order valence-corrected chi connectivity index (χ1v) is 3.77. The van der Waals surface area contributed by atoms with Crippen molar-refractivity contribution < 1.29 is 4.57 Å². The van der Waals surface area contributed by atoms with Gasteiger partial charge in [-0.3, -0.25) is 0 Å². The molecule has 2 nitrogen and oxygen atoms in total. The van der Waals surface area contributed by atoms with E-state index in [4.69, 9.17) is 0 Å². The van der Waals surface area contributed by atoms with Gasteiger partial charge in [0.1, 0.15) is 7.05 Å². The fourth-order valence-electron chi connectivity index (χ4n) is 1.11. The molecule has 1 rings (SSSR count). The van der Waals surface area contributed by atoms with Crippen LogP contribution < -0.4 is 4.57 Å². The predicted molar refractivity (Wildman–Crippen MR) is 45.0 cm³/mol. The summed E-state index contributed by atoms with van der Waals surface area (Å²) in [6, 6.07) is 4.21. The summed E-state index contributed by atoms with van der Waals surface area (Å²) < 4.78 is 2.07. The lowest BCUT2D eigenvalue weighted by Crippen LogP contribution is -2.27. The molecule has 0 bridgehead atoms. The zero-order valence-electron chi connectivity index (χ0n) is 7.41. The highest BCUT2D eigenvalue weighted by atomic mass is 15.1. The molecule has 0 unspecified atom stereocenters. The number of aromatic nitrogens is 1. The summed E-state index contributed by atoms with van der Waals surface area (Å²) in [4.78, 5) is 2.16. The molecule has 1 heterocycles. The minimum Gasteiger partial charge on any atom is -0.305 e. The molecular formula is C9H15N2+. The van der Waals surface area contributed by atoms with E-state index in [-0.39, 0.29) is 0 Å². The van der Waals surface area contributed by atoms with Gasteiger partial charge in [-0.2, -0.15) is 0 Å². The molecule has 0 N–H and O–H groups in total. The normalized spacial score (nSPS) is 10.5. The smallest absolute Gasteiger partial charge is 0.173 e. The van der Waals surface area contributed by atoms with Crippen molar-refractivity contribution in [3.63, 3.8) is 0 Å². The first kappa shape index (κ1) is 8.21. The average molecular weight is 151 g/mol. The van der Waals surface area contributed by atoms with Crippen molar-refractivity contribution in [2.75, 3.05) is 14.1 Å². The highest BCUT2D eigenvalue weighted by Crippen LogP contribution is 1.96. The van der Waals surface area contributed by atoms with Gasteiger partial charge in [0.15, 0.2) is 12.4 Å². The molecule has 0 fully saturated rings. The van der Waals surface area contributed by atoms with Crippen LogP contribution in [-0.2, 0) is 13.6 Å². The molecule has 11 heavy (non-hydrogen) atoms. The second-order valence-corrected chi connectivity index (χ2v) is 3.12. The Labute approximate surface area is 68.1 Å². The van der Waals surface area contributed by atoms with Crippen LogP contribution in [0.25, 0.3) is 0 Å². The first-order valence-electron chi connectivity index (χ1n) is 3.77. The van der Waals surface area contributed by atoms with E-state index < -0.39 is 0 Å². The Bertz CT molecular complexity index is 231. The van der Waals surface area contributed by atoms with Crippen LogP contribution in [0.2, 0.25) is 0 Å². The lowest BCUT2D eigenvalue weighted by molar-refractivity contribution is -0.672. The molecule has 0 aliphatic rings. The summed E-state index contributed by atoms with van der Waals surface area (Å²) in [5.74, 6) is 0. The lowest BCUT2D eigenvalue weighted by Gasteiger charge is -2.06. The molecule has 0 saturated heterocycles. The van der Waals surface area contributed by atoms with Crippen molar-refractivity contribution in [1.29, 1.82) is 0 Å². The molecule has 0 spiro atoms. The summed E-state index contributed by atoms with van der Waals surface area (Å²) in [6.07, 6.45) is 4.18. The van der Waals surface area contributed by atoms with Crippen LogP contribution in [-0.4, -0.2) is 19.0 Å². The molecular weight excluding hydrogens is 136 g/mol. The van der Waals surface area contributed by atoms with Crippen LogP contribution in [0.5, 0.6) is 0 Å². The maximum Gasteiger partial charge on any atom is 0.173 e. The molecule has 0 saturated carbocycles. The maximum atomic E-state index is 2.16. The quantitative estimate of drug-likeness (QED) is 0.561. The van der Waals surface area contributed by atoms with Gasteiger partial charge in [-0.1, -0.05) is 0 Å². The van der Waals surface area contributed by atoms with Gasteiger partial charge in [0, 0.05) is 18.2 Å².